The molecule has 1 rings (SSSR count). The zero-order valence-electron chi connectivity index (χ0n) is 14.1. The van der Waals surface area contributed by atoms with Gasteiger partial charge in [0.05, 0.1) is 0 Å². The minimum absolute atomic E-state index is 0.0611. The summed E-state index contributed by atoms with van der Waals surface area (Å²) >= 11 is 0. The van der Waals surface area contributed by atoms with Crippen molar-refractivity contribution in [2.75, 3.05) is 7.05 Å². The highest BCUT2D eigenvalue weighted by Crippen LogP contribution is 2.29. The molecule has 1 aromatic rings. The van der Waals surface area contributed by atoms with E-state index in [1.54, 1.807) is 46.8 Å². The van der Waals surface area contributed by atoms with E-state index in [9.17, 15) is 18.4 Å². The molecule has 0 bridgehead atoms. The summed E-state index contributed by atoms with van der Waals surface area (Å²) in [6.45, 7) is 9.89. The van der Waals surface area contributed by atoms with E-state index in [1.165, 1.54) is 0 Å². The van der Waals surface area contributed by atoms with Crippen LogP contribution in [0.1, 0.15) is 37.5 Å². The molecule has 1 N–H and O–H groups in total. The minimum Gasteiger partial charge on any atom is -0.411 e. The molecule has 0 saturated heterocycles. The number of carbonyl (C=O) groups excluding carboxylic acids is 1. The summed E-state index contributed by atoms with van der Waals surface area (Å²) in [5.74, 6) is 0. The lowest BCUT2D eigenvalue weighted by atomic mass is 10.1. The van der Waals surface area contributed by atoms with E-state index in [0.717, 1.165) is 12.6 Å². The minimum atomic E-state index is -4.37. The first-order valence-corrected chi connectivity index (χ1v) is 8.30. The molecule has 1 amide bonds. The molecule has 0 aliphatic heterocycles. The Hall–Kier alpha value is -1.44. The van der Waals surface area contributed by atoms with Crippen LogP contribution in [-0.4, -0.2) is 36.4 Å². The number of sulfonamides is 1. The first-order valence-electron chi connectivity index (χ1n) is 6.86. The maximum Gasteiger partial charge on any atom is 0.566 e. The van der Waals surface area contributed by atoms with E-state index in [2.05, 4.69) is 0 Å². The first-order chi connectivity index (χ1) is 9.70. The van der Waals surface area contributed by atoms with Crippen LogP contribution in [0.15, 0.2) is 17.0 Å². The monoisotopic (exact) mass is 330 g/mol. The fourth-order valence-electron chi connectivity index (χ4n) is 2.20. The summed E-state index contributed by atoms with van der Waals surface area (Å²) in [5, 5.41) is 10.3. The summed E-state index contributed by atoms with van der Waals surface area (Å²) in [6, 6.07) is 3.38. The molecule has 124 valence electrons. The van der Waals surface area contributed by atoms with Crippen LogP contribution < -0.4 is 0 Å². The summed E-state index contributed by atoms with van der Waals surface area (Å²) in [7, 11) is -3.48. The van der Waals surface area contributed by atoms with Crippen LogP contribution in [0.25, 0.3) is 0 Å². The van der Waals surface area contributed by atoms with Gasteiger partial charge in [-0.25, -0.2) is 0 Å². The second-order valence-electron chi connectivity index (χ2n) is 6.56. The number of benzene rings is 1. The summed E-state index contributed by atoms with van der Waals surface area (Å²) < 4.78 is 28.6. The van der Waals surface area contributed by atoms with E-state index in [1.807, 2.05) is 6.92 Å². The van der Waals surface area contributed by atoms with E-state index < -0.39 is 25.8 Å². The van der Waals surface area contributed by atoms with Gasteiger partial charge in [-0.1, -0.05) is 17.7 Å². The number of nitrogens with zero attached hydrogens (tertiary/aromatic N) is 1. The van der Waals surface area contributed by atoms with Gasteiger partial charge < -0.3 is 4.74 Å². The number of rotatable bonds is 2. The third-order valence-electron chi connectivity index (χ3n) is 3.06. The summed E-state index contributed by atoms with van der Waals surface area (Å²) in [4.78, 5) is 12.0. The highest BCUT2D eigenvalue weighted by molar-refractivity contribution is 7.86. The third-order valence-corrected chi connectivity index (χ3v) is 5.31. The van der Waals surface area contributed by atoms with E-state index in [0.29, 0.717) is 11.1 Å². The molecule has 7 heteroatoms. The van der Waals surface area contributed by atoms with Gasteiger partial charge in [0.25, 0.3) is 0 Å². The number of hydrogen-bond donors (Lipinski definition) is 1. The van der Waals surface area contributed by atoms with Crippen molar-refractivity contribution in [2.24, 2.45) is 0 Å². The second kappa shape index (κ2) is 5.64. The Morgan fingerprint density at radius 1 is 1.14 bits per heavy atom. The Bertz CT molecular complexity index is 676. The summed E-state index contributed by atoms with van der Waals surface area (Å²) in [6.07, 6.45) is -1.24. The van der Waals surface area contributed by atoms with Gasteiger partial charge in [-0.05, 0) is 52.7 Å². The second-order valence-corrected chi connectivity index (χ2v) is 8.63. The lowest BCUT2D eigenvalue weighted by Gasteiger charge is -2.26. The average molecular weight is 330 g/mol. The molecule has 1 atom stereocenters. The van der Waals surface area contributed by atoms with Crippen LogP contribution in [0.5, 0.6) is 0 Å². The molecular weight excluding hydrogens is 306 g/mol. The Balaban J connectivity index is 3.44. The lowest BCUT2D eigenvalue weighted by molar-refractivity contribution is -0.921. The topological polar surface area (TPSA) is 80.7 Å². The normalized spacial score (nSPS) is 15.3. The van der Waals surface area contributed by atoms with E-state index >= 15 is 0 Å². The molecule has 1 unspecified atom stereocenters. The molecule has 0 spiro atoms. The van der Waals surface area contributed by atoms with E-state index in [-0.39, 0.29) is 4.90 Å². The van der Waals surface area contributed by atoms with Crippen molar-refractivity contribution in [3.8, 4) is 0 Å². The molecular formula is C15H24NO5S+. The zero-order valence-corrected chi connectivity index (χ0v) is 14.9. The Morgan fingerprint density at radius 3 is 1.91 bits per heavy atom. The van der Waals surface area contributed by atoms with Gasteiger partial charge in [-0.15, -0.1) is 0 Å². The third kappa shape index (κ3) is 3.48. The van der Waals surface area contributed by atoms with E-state index in [4.69, 9.17) is 4.74 Å². The molecule has 0 fully saturated rings. The van der Waals surface area contributed by atoms with Crippen LogP contribution in [0, 0.1) is 20.8 Å². The number of hydrogen-bond acceptors (Lipinski definition) is 5. The largest absolute Gasteiger partial charge is 0.566 e. The fraction of sp³-hybridized carbons (Fsp3) is 0.533. The van der Waals surface area contributed by atoms with Gasteiger partial charge >= 0.3 is 16.1 Å². The van der Waals surface area contributed by atoms with Crippen LogP contribution in [0.3, 0.4) is 0 Å². The standard InChI is InChI=1S/C15H24NO5S/c1-10-8-11(2)13(12(3)9-10)22(19,20)16(7,18)14(17)21-15(4,5)6/h8-9,18H,1-7H3/q+1. The zero-order chi connectivity index (χ0) is 17.5. The molecule has 0 radical (unpaired) electrons. The van der Waals surface area contributed by atoms with Crippen molar-refractivity contribution in [2.45, 2.75) is 52.0 Å². The Labute approximate surface area is 131 Å². The number of aryl methyl sites for hydroxylation is 3. The van der Waals surface area contributed by atoms with Crippen LogP contribution in [0.2, 0.25) is 0 Å². The number of ether oxygens (including phenoxy) is 1. The van der Waals surface area contributed by atoms with Gasteiger partial charge in [0.15, 0.2) is 0 Å². The van der Waals surface area contributed by atoms with Crippen molar-refractivity contribution in [1.29, 1.82) is 0 Å². The number of carbonyl (C=O) groups is 1. The van der Waals surface area contributed by atoms with Crippen molar-refractivity contribution in [3.05, 3.63) is 28.8 Å². The first kappa shape index (κ1) is 18.6. The average Bonchev–Trinajstić information content (AvgIpc) is 2.23. The van der Waals surface area contributed by atoms with Gasteiger partial charge in [0, 0.05) is 4.05 Å². The van der Waals surface area contributed by atoms with Gasteiger partial charge in [-0.3, -0.25) is 0 Å². The molecule has 0 saturated carbocycles. The highest BCUT2D eigenvalue weighted by Gasteiger charge is 2.50. The Kier molecular flexibility index (Phi) is 4.77. The van der Waals surface area contributed by atoms with Crippen molar-refractivity contribution < 1.29 is 27.2 Å². The highest BCUT2D eigenvalue weighted by atomic mass is 32.2. The van der Waals surface area contributed by atoms with Gasteiger partial charge in [-0.2, -0.15) is 18.4 Å². The lowest BCUT2D eigenvalue weighted by Crippen LogP contribution is -2.53. The number of hydroxylamine groups is 2. The van der Waals surface area contributed by atoms with Crippen LogP contribution in [0.4, 0.5) is 4.79 Å². The molecule has 22 heavy (non-hydrogen) atoms. The maximum atomic E-state index is 12.8. The quantitative estimate of drug-likeness (QED) is 0.512. The van der Waals surface area contributed by atoms with Gasteiger partial charge in [0.1, 0.15) is 17.5 Å². The van der Waals surface area contributed by atoms with Gasteiger partial charge in [0.2, 0.25) is 0 Å². The molecule has 1 aromatic carbocycles. The predicted octanol–water partition coefficient (Wildman–Crippen LogP) is 3.07. The Morgan fingerprint density at radius 2 is 1.55 bits per heavy atom. The number of amides is 1. The van der Waals surface area contributed by atoms with Crippen molar-refractivity contribution in [3.63, 3.8) is 0 Å². The predicted molar refractivity (Wildman–Crippen MR) is 82.0 cm³/mol. The summed E-state index contributed by atoms with van der Waals surface area (Å²) in [5.41, 5.74) is 0.934. The molecule has 6 nitrogen and oxygen atoms in total. The molecule has 0 aliphatic carbocycles. The van der Waals surface area contributed by atoms with Crippen LogP contribution >= 0.6 is 0 Å². The van der Waals surface area contributed by atoms with Crippen molar-refractivity contribution >= 4 is 16.1 Å². The van der Waals surface area contributed by atoms with Crippen molar-refractivity contribution in [1.82, 2.24) is 0 Å². The fourth-order valence-corrected chi connectivity index (χ4v) is 3.72. The maximum absolute atomic E-state index is 12.8. The SMILES string of the molecule is Cc1cc(C)c(S(=O)(=O)[N+](C)(O)C(=O)OC(C)(C)C)c(C)c1. The molecule has 0 heterocycles. The molecule has 0 aliphatic rings. The van der Waals surface area contributed by atoms with Crippen LogP contribution in [-0.2, 0) is 14.8 Å². The smallest absolute Gasteiger partial charge is 0.411 e. The molecule has 0 aromatic heterocycles. The number of quaternary nitrogens is 1.